The maximum atomic E-state index is 12.6. The minimum absolute atomic E-state index is 0.129. The summed E-state index contributed by atoms with van der Waals surface area (Å²) in [5, 5.41) is 15.9. The van der Waals surface area contributed by atoms with Gasteiger partial charge in [0.2, 0.25) is 11.6 Å². The van der Waals surface area contributed by atoms with E-state index < -0.39 is 12.1 Å². The van der Waals surface area contributed by atoms with Crippen molar-refractivity contribution < 1.29 is 17.7 Å². The molecule has 148 valence electrons. The SMILES string of the molecule is Cc1cc(-c2nnn(Cc3ccc(-c4noc(C(F)(F)F)n4)cc3)n2)ccc1Br. The maximum absolute atomic E-state index is 12.6. The van der Waals surface area contributed by atoms with Gasteiger partial charge in [-0.05, 0) is 41.5 Å². The van der Waals surface area contributed by atoms with Crippen LogP contribution in [-0.2, 0) is 12.7 Å². The van der Waals surface area contributed by atoms with E-state index in [4.69, 9.17) is 0 Å². The van der Waals surface area contributed by atoms with E-state index in [1.165, 1.54) is 4.80 Å². The lowest BCUT2D eigenvalue weighted by Crippen LogP contribution is -2.05. The second-order valence-corrected chi connectivity index (χ2v) is 7.08. The largest absolute Gasteiger partial charge is 0.471 e. The third-order valence-electron chi connectivity index (χ3n) is 4.07. The van der Waals surface area contributed by atoms with Crippen LogP contribution < -0.4 is 0 Å². The molecule has 0 spiro atoms. The molecule has 0 aliphatic carbocycles. The maximum Gasteiger partial charge on any atom is 0.471 e. The first-order chi connectivity index (χ1) is 13.8. The summed E-state index contributed by atoms with van der Waals surface area (Å²) in [6.07, 6.45) is -4.67. The third-order valence-corrected chi connectivity index (χ3v) is 4.96. The summed E-state index contributed by atoms with van der Waals surface area (Å²) in [4.78, 5) is 4.81. The molecule has 2 aromatic heterocycles. The smallest absolute Gasteiger partial charge is 0.329 e. The average Bonchev–Trinajstić information content (AvgIpc) is 3.34. The summed E-state index contributed by atoms with van der Waals surface area (Å²) in [5.41, 5.74) is 3.16. The molecule has 2 aromatic carbocycles. The van der Waals surface area contributed by atoms with E-state index in [1.54, 1.807) is 24.3 Å². The van der Waals surface area contributed by atoms with Gasteiger partial charge in [-0.1, -0.05) is 45.4 Å². The third kappa shape index (κ3) is 4.19. The predicted molar refractivity (Wildman–Crippen MR) is 99.5 cm³/mol. The van der Waals surface area contributed by atoms with Gasteiger partial charge in [-0.15, -0.1) is 10.2 Å². The number of halogens is 4. The predicted octanol–water partition coefficient (Wildman–Crippen LogP) is 4.53. The van der Waals surface area contributed by atoms with Crippen molar-refractivity contribution >= 4 is 15.9 Å². The van der Waals surface area contributed by atoms with Gasteiger partial charge < -0.3 is 4.52 Å². The summed E-state index contributed by atoms with van der Waals surface area (Å²) in [7, 11) is 0. The molecule has 11 heteroatoms. The molecule has 4 rings (SSSR count). The number of hydrogen-bond donors (Lipinski definition) is 0. The molecule has 0 unspecified atom stereocenters. The van der Waals surface area contributed by atoms with Crippen LogP contribution in [0.15, 0.2) is 51.5 Å². The fourth-order valence-electron chi connectivity index (χ4n) is 2.59. The van der Waals surface area contributed by atoms with E-state index in [2.05, 4.69) is 46.0 Å². The Labute approximate surface area is 170 Å². The highest BCUT2D eigenvalue weighted by Crippen LogP contribution is 2.29. The van der Waals surface area contributed by atoms with Crippen molar-refractivity contribution in [2.45, 2.75) is 19.6 Å². The topological polar surface area (TPSA) is 82.5 Å². The van der Waals surface area contributed by atoms with Crippen molar-refractivity contribution in [2.24, 2.45) is 0 Å². The van der Waals surface area contributed by atoms with Crippen LogP contribution in [0.5, 0.6) is 0 Å². The highest BCUT2D eigenvalue weighted by Gasteiger charge is 2.38. The number of hydrogen-bond acceptors (Lipinski definition) is 6. The van der Waals surface area contributed by atoms with Crippen molar-refractivity contribution in [3.63, 3.8) is 0 Å². The highest BCUT2D eigenvalue weighted by atomic mass is 79.9. The lowest BCUT2D eigenvalue weighted by atomic mass is 10.1. The summed E-state index contributed by atoms with van der Waals surface area (Å²) in [6.45, 7) is 2.32. The van der Waals surface area contributed by atoms with Crippen molar-refractivity contribution in [3.8, 4) is 22.8 Å². The quantitative estimate of drug-likeness (QED) is 0.441. The molecule has 0 amide bonds. The number of aryl methyl sites for hydroxylation is 1. The molecule has 0 bridgehead atoms. The van der Waals surface area contributed by atoms with Crippen LogP contribution in [0.25, 0.3) is 22.8 Å². The van der Waals surface area contributed by atoms with Gasteiger partial charge in [0.1, 0.15) is 0 Å². The minimum atomic E-state index is -4.67. The van der Waals surface area contributed by atoms with E-state index >= 15 is 0 Å². The Balaban J connectivity index is 1.49. The van der Waals surface area contributed by atoms with Crippen LogP contribution in [0.1, 0.15) is 17.0 Å². The molecular formula is C18H12BrF3N6O. The van der Waals surface area contributed by atoms with Gasteiger partial charge in [0.15, 0.2) is 0 Å². The van der Waals surface area contributed by atoms with Crippen LogP contribution in [0.4, 0.5) is 13.2 Å². The van der Waals surface area contributed by atoms with Crippen molar-refractivity contribution in [3.05, 3.63) is 64.0 Å². The molecule has 29 heavy (non-hydrogen) atoms. The molecule has 0 aliphatic heterocycles. The Hall–Kier alpha value is -3.08. The van der Waals surface area contributed by atoms with Crippen LogP contribution in [-0.4, -0.2) is 30.3 Å². The number of aromatic nitrogens is 6. The summed E-state index contributed by atoms with van der Waals surface area (Å²) < 4.78 is 43.0. The van der Waals surface area contributed by atoms with Gasteiger partial charge >= 0.3 is 12.1 Å². The van der Waals surface area contributed by atoms with Gasteiger partial charge in [-0.3, -0.25) is 0 Å². The molecule has 7 nitrogen and oxygen atoms in total. The van der Waals surface area contributed by atoms with Crippen LogP contribution >= 0.6 is 15.9 Å². The normalized spacial score (nSPS) is 11.8. The molecule has 0 aliphatic rings. The van der Waals surface area contributed by atoms with Gasteiger partial charge in [0, 0.05) is 15.6 Å². The van der Waals surface area contributed by atoms with E-state index in [1.807, 2.05) is 25.1 Å². The molecule has 0 saturated carbocycles. The zero-order valence-corrected chi connectivity index (χ0v) is 16.4. The Morgan fingerprint density at radius 1 is 1.03 bits per heavy atom. The number of tetrazole rings is 1. The molecular weight excluding hydrogens is 453 g/mol. The van der Waals surface area contributed by atoms with Gasteiger partial charge in [0.05, 0.1) is 6.54 Å². The summed E-state index contributed by atoms with van der Waals surface area (Å²) >= 11 is 3.45. The van der Waals surface area contributed by atoms with Crippen molar-refractivity contribution in [2.75, 3.05) is 0 Å². The summed E-state index contributed by atoms with van der Waals surface area (Å²) in [5.74, 6) is -1.00. The number of nitrogens with zero attached hydrogens (tertiary/aromatic N) is 6. The standard InChI is InChI=1S/C18H12BrF3N6O/c1-10-8-13(6-7-14(10)19)16-24-27-28(25-16)9-11-2-4-12(5-3-11)15-23-17(29-26-15)18(20,21)22/h2-8H,9H2,1H3. The summed E-state index contributed by atoms with van der Waals surface area (Å²) in [6, 6.07) is 12.4. The highest BCUT2D eigenvalue weighted by molar-refractivity contribution is 9.10. The molecule has 2 heterocycles. The van der Waals surface area contributed by atoms with Gasteiger partial charge in [-0.2, -0.15) is 23.0 Å². The van der Waals surface area contributed by atoms with Crippen LogP contribution in [0.2, 0.25) is 0 Å². The lowest BCUT2D eigenvalue weighted by molar-refractivity contribution is -0.159. The zero-order valence-electron chi connectivity index (χ0n) is 14.9. The first-order valence-electron chi connectivity index (χ1n) is 8.34. The number of benzene rings is 2. The minimum Gasteiger partial charge on any atom is -0.329 e. The molecule has 0 fully saturated rings. The van der Waals surface area contributed by atoms with E-state index in [0.29, 0.717) is 17.9 Å². The number of rotatable bonds is 4. The van der Waals surface area contributed by atoms with Crippen molar-refractivity contribution in [1.29, 1.82) is 0 Å². The van der Waals surface area contributed by atoms with Gasteiger partial charge in [0.25, 0.3) is 0 Å². The van der Waals surface area contributed by atoms with Crippen LogP contribution in [0, 0.1) is 6.92 Å². The Morgan fingerprint density at radius 2 is 1.76 bits per heavy atom. The fourth-order valence-corrected chi connectivity index (χ4v) is 2.83. The monoisotopic (exact) mass is 464 g/mol. The van der Waals surface area contributed by atoms with E-state index in [-0.39, 0.29) is 5.82 Å². The molecule has 4 aromatic rings. The van der Waals surface area contributed by atoms with E-state index in [0.717, 1.165) is 21.2 Å². The fraction of sp³-hybridized carbons (Fsp3) is 0.167. The second-order valence-electron chi connectivity index (χ2n) is 6.23. The van der Waals surface area contributed by atoms with E-state index in [9.17, 15) is 13.2 Å². The zero-order chi connectivity index (χ0) is 20.6. The second kappa shape index (κ2) is 7.39. The van der Waals surface area contributed by atoms with Crippen LogP contribution in [0.3, 0.4) is 0 Å². The Bertz CT molecular complexity index is 1150. The molecule has 0 N–H and O–H groups in total. The molecule has 0 saturated heterocycles. The molecule has 0 radical (unpaired) electrons. The number of alkyl halides is 3. The van der Waals surface area contributed by atoms with Gasteiger partial charge in [-0.25, -0.2) is 0 Å². The Morgan fingerprint density at radius 3 is 2.41 bits per heavy atom. The van der Waals surface area contributed by atoms with Crippen molar-refractivity contribution in [1.82, 2.24) is 30.3 Å². The molecule has 0 atom stereocenters. The first kappa shape index (κ1) is 19.2. The first-order valence-corrected chi connectivity index (χ1v) is 9.13. The lowest BCUT2D eigenvalue weighted by Gasteiger charge is -2.01. The average molecular weight is 465 g/mol. The Kier molecular flexibility index (Phi) is 4.91.